The molecule has 0 nitrogen and oxygen atoms in total. The van der Waals surface area contributed by atoms with Gasteiger partial charge < -0.3 is 0 Å². The SMILES string of the molecule is C1=CC2CC=C[C@H]([C@H]3C=CCC4C=CC=C[C@@H]43)[C@H]2C=C1. The topological polar surface area (TPSA) is 0 Å². The number of allylic oxidation sites excluding steroid dienone is 12. The van der Waals surface area contributed by atoms with Crippen LogP contribution in [0.2, 0.25) is 0 Å². The molecule has 0 saturated carbocycles. The van der Waals surface area contributed by atoms with Crippen molar-refractivity contribution >= 4 is 0 Å². The third kappa shape index (κ3) is 1.98. The van der Waals surface area contributed by atoms with Crippen molar-refractivity contribution in [3.05, 3.63) is 72.9 Å². The van der Waals surface area contributed by atoms with Crippen LogP contribution in [0.25, 0.3) is 0 Å². The molecule has 0 heteroatoms. The minimum absolute atomic E-state index is 0.662. The molecule has 4 rings (SSSR count). The monoisotopic (exact) mass is 262 g/mol. The van der Waals surface area contributed by atoms with Gasteiger partial charge in [-0.15, -0.1) is 0 Å². The Morgan fingerprint density at radius 3 is 1.40 bits per heavy atom. The Labute approximate surface area is 122 Å². The minimum Gasteiger partial charge on any atom is -0.0876 e. The summed E-state index contributed by atoms with van der Waals surface area (Å²) in [4.78, 5) is 0. The van der Waals surface area contributed by atoms with E-state index in [1.165, 1.54) is 12.8 Å². The molecule has 4 aliphatic carbocycles. The lowest BCUT2D eigenvalue weighted by Crippen LogP contribution is -2.35. The van der Waals surface area contributed by atoms with Crippen molar-refractivity contribution < 1.29 is 0 Å². The van der Waals surface area contributed by atoms with E-state index in [2.05, 4.69) is 72.9 Å². The Balaban J connectivity index is 1.66. The molecule has 4 aliphatic rings. The summed E-state index contributed by atoms with van der Waals surface area (Å²) in [6.45, 7) is 0. The van der Waals surface area contributed by atoms with Gasteiger partial charge in [0.2, 0.25) is 0 Å². The molecule has 0 aromatic carbocycles. The van der Waals surface area contributed by atoms with Crippen molar-refractivity contribution in [2.75, 3.05) is 0 Å². The van der Waals surface area contributed by atoms with Crippen LogP contribution in [0.4, 0.5) is 0 Å². The fourth-order valence-electron chi connectivity index (χ4n) is 4.45. The largest absolute Gasteiger partial charge is 0.0876 e. The Morgan fingerprint density at radius 1 is 0.450 bits per heavy atom. The van der Waals surface area contributed by atoms with Crippen molar-refractivity contribution in [1.29, 1.82) is 0 Å². The number of rotatable bonds is 1. The summed E-state index contributed by atoms with van der Waals surface area (Å²) in [5.41, 5.74) is 0. The summed E-state index contributed by atoms with van der Waals surface area (Å²) in [6, 6.07) is 0. The van der Waals surface area contributed by atoms with Crippen LogP contribution in [0.5, 0.6) is 0 Å². The molecule has 102 valence electrons. The zero-order chi connectivity index (χ0) is 13.4. The maximum atomic E-state index is 2.49. The second kappa shape index (κ2) is 5.09. The highest BCUT2D eigenvalue weighted by Gasteiger charge is 2.38. The van der Waals surface area contributed by atoms with Gasteiger partial charge in [0.1, 0.15) is 0 Å². The normalized spacial score (nSPS) is 44.4. The van der Waals surface area contributed by atoms with Crippen LogP contribution in [-0.2, 0) is 0 Å². The van der Waals surface area contributed by atoms with Crippen LogP contribution >= 0.6 is 0 Å². The van der Waals surface area contributed by atoms with E-state index in [0.717, 1.165) is 0 Å². The van der Waals surface area contributed by atoms with Crippen molar-refractivity contribution in [1.82, 2.24) is 0 Å². The molecule has 20 heavy (non-hydrogen) atoms. The lowest BCUT2D eigenvalue weighted by Gasteiger charge is -2.42. The van der Waals surface area contributed by atoms with Gasteiger partial charge in [-0.1, -0.05) is 72.9 Å². The Kier molecular flexibility index (Phi) is 3.10. The summed E-state index contributed by atoms with van der Waals surface area (Å²) < 4.78 is 0. The second-order valence-electron chi connectivity index (χ2n) is 6.50. The first-order valence-electron chi connectivity index (χ1n) is 7.97. The third-order valence-corrected chi connectivity index (χ3v) is 5.46. The van der Waals surface area contributed by atoms with Gasteiger partial charge in [-0.3, -0.25) is 0 Å². The lowest BCUT2D eigenvalue weighted by molar-refractivity contribution is 0.217. The van der Waals surface area contributed by atoms with Gasteiger partial charge in [0.15, 0.2) is 0 Å². The minimum atomic E-state index is 0.662. The molecule has 0 N–H and O–H groups in total. The smallest absolute Gasteiger partial charge is 0.00955 e. The number of fused-ring (bicyclic) bond motifs is 2. The number of hydrogen-bond acceptors (Lipinski definition) is 0. The zero-order valence-corrected chi connectivity index (χ0v) is 11.8. The first-order chi connectivity index (χ1) is 9.93. The molecule has 0 aromatic heterocycles. The van der Waals surface area contributed by atoms with Gasteiger partial charge in [0.25, 0.3) is 0 Å². The van der Waals surface area contributed by atoms with Crippen LogP contribution in [-0.4, -0.2) is 0 Å². The molecule has 0 radical (unpaired) electrons. The second-order valence-corrected chi connectivity index (χ2v) is 6.50. The molecular weight excluding hydrogens is 240 g/mol. The Morgan fingerprint density at radius 2 is 0.900 bits per heavy atom. The molecule has 2 unspecified atom stereocenters. The van der Waals surface area contributed by atoms with Gasteiger partial charge in [0, 0.05) is 0 Å². The van der Waals surface area contributed by atoms with E-state index in [9.17, 15) is 0 Å². The van der Waals surface area contributed by atoms with E-state index < -0.39 is 0 Å². The zero-order valence-electron chi connectivity index (χ0n) is 11.8. The number of hydrogen-bond donors (Lipinski definition) is 0. The van der Waals surface area contributed by atoms with Gasteiger partial charge in [0.05, 0.1) is 0 Å². The fourth-order valence-corrected chi connectivity index (χ4v) is 4.45. The van der Waals surface area contributed by atoms with Crippen molar-refractivity contribution in [3.8, 4) is 0 Å². The predicted octanol–water partition coefficient (Wildman–Crippen LogP) is 4.86. The Hall–Kier alpha value is -1.56. The summed E-state index contributed by atoms with van der Waals surface area (Å²) in [5.74, 6) is 4.14. The van der Waals surface area contributed by atoms with Crippen LogP contribution < -0.4 is 0 Å². The first-order valence-corrected chi connectivity index (χ1v) is 7.97. The van der Waals surface area contributed by atoms with Crippen LogP contribution in [0.15, 0.2) is 72.9 Å². The average molecular weight is 262 g/mol. The van der Waals surface area contributed by atoms with Crippen molar-refractivity contribution in [2.24, 2.45) is 35.5 Å². The molecule has 0 amide bonds. The van der Waals surface area contributed by atoms with Crippen molar-refractivity contribution in [2.45, 2.75) is 12.8 Å². The van der Waals surface area contributed by atoms with E-state index in [-0.39, 0.29) is 0 Å². The van der Waals surface area contributed by atoms with Crippen LogP contribution in [0.3, 0.4) is 0 Å². The lowest BCUT2D eigenvalue weighted by atomic mass is 9.62. The molecule has 0 aromatic rings. The van der Waals surface area contributed by atoms with E-state index in [0.29, 0.717) is 35.5 Å². The highest BCUT2D eigenvalue weighted by Crippen LogP contribution is 2.46. The standard InChI is InChI=1S/C20H22/c1-3-11-17-15(7-1)9-5-13-19(17)20-14-6-10-16-8-2-4-12-18(16)20/h1-8,11-20H,9-10H2/t15?,16?,17-,18-,19-,20-/m0/s1. The predicted molar refractivity (Wildman–Crippen MR) is 85.0 cm³/mol. The average Bonchev–Trinajstić information content (AvgIpc) is 2.54. The van der Waals surface area contributed by atoms with Gasteiger partial charge in [-0.2, -0.15) is 0 Å². The molecule has 6 atom stereocenters. The summed E-state index contributed by atoms with van der Waals surface area (Å²) in [7, 11) is 0. The van der Waals surface area contributed by atoms with E-state index in [1.807, 2.05) is 0 Å². The molecule has 0 spiro atoms. The summed E-state index contributed by atoms with van der Waals surface area (Å²) >= 11 is 0. The van der Waals surface area contributed by atoms with Crippen LogP contribution in [0, 0.1) is 35.5 Å². The van der Waals surface area contributed by atoms with E-state index in [1.54, 1.807) is 0 Å². The quantitative estimate of drug-likeness (QED) is 0.592. The Bertz CT molecular complexity index is 490. The molecule has 0 bridgehead atoms. The fraction of sp³-hybridized carbons (Fsp3) is 0.400. The van der Waals surface area contributed by atoms with Gasteiger partial charge in [-0.05, 0) is 48.3 Å². The molecular formula is C20H22. The highest BCUT2D eigenvalue weighted by molar-refractivity contribution is 5.26. The molecule has 0 saturated heterocycles. The van der Waals surface area contributed by atoms with Crippen LogP contribution in [0.1, 0.15) is 12.8 Å². The van der Waals surface area contributed by atoms with Crippen molar-refractivity contribution in [3.63, 3.8) is 0 Å². The van der Waals surface area contributed by atoms with E-state index >= 15 is 0 Å². The first kappa shape index (κ1) is 12.2. The third-order valence-electron chi connectivity index (χ3n) is 5.46. The molecule has 0 aliphatic heterocycles. The van der Waals surface area contributed by atoms with E-state index in [4.69, 9.17) is 0 Å². The summed E-state index contributed by atoms with van der Waals surface area (Å²) in [5, 5.41) is 0. The van der Waals surface area contributed by atoms with Gasteiger partial charge >= 0.3 is 0 Å². The molecule has 0 fully saturated rings. The maximum absolute atomic E-state index is 2.49. The highest BCUT2D eigenvalue weighted by atomic mass is 14.4. The maximum Gasteiger partial charge on any atom is -0.00955 e. The molecule has 0 heterocycles. The van der Waals surface area contributed by atoms with Gasteiger partial charge in [-0.25, -0.2) is 0 Å². The summed E-state index contributed by atoms with van der Waals surface area (Å²) in [6.07, 6.45) is 30.9.